The highest BCUT2D eigenvalue weighted by molar-refractivity contribution is 6.35. The predicted octanol–water partition coefficient (Wildman–Crippen LogP) is 2.34. The van der Waals surface area contributed by atoms with Crippen LogP contribution in [0.4, 0.5) is 5.82 Å². The van der Waals surface area contributed by atoms with E-state index in [9.17, 15) is 5.11 Å². The summed E-state index contributed by atoms with van der Waals surface area (Å²) in [6.45, 7) is 1.27. The van der Waals surface area contributed by atoms with Gasteiger partial charge in [-0.05, 0) is 18.9 Å². The SMILES string of the molecule is OCC1(Nc2ncc(Cl)cc2Cl)CCOCC1. The predicted molar refractivity (Wildman–Crippen MR) is 67.7 cm³/mol. The zero-order valence-electron chi connectivity index (χ0n) is 9.25. The molecule has 2 N–H and O–H groups in total. The van der Waals surface area contributed by atoms with E-state index in [2.05, 4.69) is 10.3 Å². The Kier molecular flexibility index (Phi) is 4.09. The minimum atomic E-state index is -0.400. The molecule has 0 amide bonds. The van der Waals surface area contributed by atoms with Crippen LogP contribution in [-0.2, 0) is 4.74 Å². The lowest BCUT2D eigenvalue weighted by molar-refractivity contribution is 0.0378. The van der Waals surface area contributed by atoms with Gasteiger partial charge in [0.15, 0.2) is 0 Å². The molecule has 1 aromatic rings. The van der Waals surface area contributed by atoms with E-state index in [4.69, 9.17) is 27.9 Å². The molecule has 0 radical (unpaired) electrons. The van der Waals surface area contributed by atoms with Gasteiger partial charge in [-0.3, -0.25) is 0 Å². The van der Waals surface area contributed by atoms with Crippen LogP contribution in [-0.4, -0.2) is 35.5 Å². The van der Waals surface area contributed by atoms with E-state index in [1.54, 1.807) is 6.07 Å². The van der Waals surface area contributed by atoms with Crippen molar-refractivity contribution in [3.8, 4) is 0 Å². The van der Waals surface area contributed by atoms with Crippen LogP contribution in [0, 0.1) is 0 Å². The minimum Gasteiger partial charge on any atom is -0.394 e. The van der Waals surface area contributed by atoms with Gasteiger partial charge in [-0.15, -0.1) is 0 Å². The molecule has 2 rings (SSSR count). The summed E-state index contributed by atoms with van der Waals surface area (Å²) in [6, 6.07) is 1.63. The molecular weight excluding hydrogens is 263 g/mol. The molecule has 0 aromatic carbocycles. The molecule has 0 bridgehead atoms. The summed E-state index contributed by atoms with van der Waals surface area (Å²) in [5.41, 5.74) is -0.400. The third-order valence-corrected chi connectivity index (χ3v) is 3.44. The van der Waals surface area contributed by atoms with Crippen molar-refractivity contribution in [1.29, 1.82) is 0 Å². The molecule has 0 atom stereocenters. The Morgan fingerprint density at radius 3 is 2.71 bits per heavy atom. The van der Waals surface area contributed by atoms with Crippen LogP contribution in [0.2, 0.25) is 10.0 Å². The number of hydrogen-bond acceptors (Lipinski definition) is 4. The number of rotatable bonds is 3. The summed E-state index contributed by atoms with van der Waals surface area (Å²) in [7, 11) is 0. The van der Waals surface area contributed by atoms with Crippen LogP contribution in [0.1, 0.15) is 12.8 Å². The van der Waals surface area contributed by atoms with Crippen molar-refractivity contribution in [3.05, 3.63) is 22.3 Å². The maximum absolute atomic E-state index is 9.53. The van der Waals surface area contributed by atoms with Gasteiger partial charge in [0, 0.05) is 19.4 Å². The molecule has 0 aliphatic carbocycles. The number of nitrogens with zero attached hydrogens (tertiary/aromatic N) is 1. The second kappa shape index (κ2) is 5.40. The first-order valence-corrected chi connectivity index (χ1v) is 6.19. The molecule has 1 saturated heterocycles. The van der Waals surface area contributed by atoms with E-state index in [0.717, 1.165) is 12.8 Å². The van der Waals surface area contributed by atoms with Gasteiger partial charge in [-0.1, -0.05) is 23.2 Å². The highest BCUT2D eigenvalue weighted by Crippen LogP contribution is 2.29. The molecule has 1 aliphatic rings. The largest absolute Gasteiger partial charge is 0.394 e. The first-order chi connectivity index (χ1) is 8.15. The van der Waals surface area contributed by atoms with Crippen LogP contribution in [0.3, 0.4) is 0 Å². The third-order valence-electron chi connectivity index (χ3n) is 2.94. The standard InChI is InChI=1S/C11H14Cl2N2O2/c12-8-5-9(13)10(14-6-8)15-11(7-16)1-3-17-4-2-11/h5-6,16H,1-4,7H2,(H,14,15). The molecular formula is C11H14Cl2N2O2. The Bertz CT molecular complexity index is 395. The van der Waals surface area contributed by atoms with E-state index in [1.165, 1.54) is 6.20 Å². The van der Waals surface area contributed by atoms with Gasteiger partial charge in [0.05, 0.1) is 22.2 Å². The number of ether oxygens (including phenoxy) is 1. The van der Waals surface area contributed by atoms with Crippen molar-refractivity contribution in [2.24, 2.45) is 0 Å². The van der Waals surface area contributed by atoms with Crippen molar-refractivity contribution in [2.45, 2.75) is 18.4 Å². The lowest BCUT2D eigenvalue weighted by atomic mass is 9.91. The fourth-order valence-electron chi connectivity index (χ4n) is 1.84. The van der Waals surface area contributed by atoms with Crippen LogP contribution in [0.5, 0.6) is 0 Å². The molecule has 0 unspecified atom stereocenters. The average Bonchev–Trinajstić information content (AvgIpc) is 2.34. The molecule has 1 aliphatic heterocycles. The van der Waals surface area contributed by atoms with Crippen molar-refractivity contribution in [2.75, 3.05) is 25.1 Å². The van der Waals surface area contributed by atoms with Gasteiger partial charge in [-0.2, -0.15) is 0 Å². The van der Waals surface area contributed by atoms with Gasteiger partial charge >= 0.3 is 0 Å². The maximum atomic E-state index is 9.53. The maximum Gasteiger partial charge on any atom is 0.145 e. The number of pyridine rings is 1. The van der Waals surface area contributed by atoms with E-state index in [1.807, 2.05) is 0 Å². The minimum absolute atomic E-state index is 0.0248. The summed E-state index contributed by atoms with van der Waals surface area (Å²) in [6.07, 6.45) is 2.98. The number of aliphatic hydroxyl groups excluding tert-OH is 1. The molecule has 6 heteroatoms. The van der Waals surface area contributed by atoms with Crippen LogP contribution >= 0.6 is 23.2 Å². The first kappa shape index (κ1) is 12.9. The monoisotopic (exact) mass is 276 g/mol. The lowest BCUT2D eigenvalue weighted by Gasteiger charge is -2.36. The topological polar surface area (TPSA) is 54.4 Å². The Hall–Kier alpha value is -0.550. The Balaban J connectivity index is 2.17. The van der Waals surface area contributed by atoms with Gasteiger partial charge in [0.25, 0.3) is 0 Å². The van der Waals surface area contributed by atoms with Crippen molar-refractivity contribution >= 4 is 29.0 Å². The van der Waals surface area contributed by atoms with Crippen molar-refractivity contribution < 1.29 is 9.84 Å². The number of nitrogens with one attached hydrogen (secondary N) is 1. The number of halogens is 2. The molecule has 1 fully saturated rings. The summed E-state index contributed by atoms with van der Waals surface area (Å²) in [5.74, 6) is 0.548. The molecule has 4 nitrogen and oxygen atoms in total. The van der Waals surface area contributed by atoms with Gasteiger partial charge in [-0.25, -0.2) is 4.98 Å². The van der Waals surface area contributed by atoms with Gasteiger partial charge in [0.2, 0.25) is 0 Å². The molecule has 2 heterocycles. The number of hydrogen-bond donors (Lipinski definition) is 2. The van der Waals surface area contributed by atoms with Gasteiger partial charge < -0.3 is 15.2 Å². The zero-order chi connectivity index (χ0) is 12.3. The lowest BCUT2D eigenvalue weighted by Crippen LogP contribution is -2.47. The highest BCUT2D eigenvalue weighted by atomic mass is 35.5. The second-order valence-corrected chi connectivity index (χ2v) is 5.00. The molecule has 0 spiro atoms. The number of anilines is 1. The van der Waals surface area contributed by atoms with Crippen molar-refractivity contribution in [1.82, 2.24) is 4.98 Å². The smallest absolute Gasteiger partial charge is 0.145 e. The number of aromatic nitrogens is 1. The second-order valence-electron chi connectivity index (χ2n) is 4.16. The van der Waals surface area contributed by atoms with E-state index in [0.29, 0.717) is 29.1 Å². The zero-order valence-corrected chi connectivity index (χ0v) is 10.8. The first-order valence-electron chi connectivity index (χ1n) is 5.43. The molecule has 17 heavy (non-hydrogen) atoms. The molecule has 0 saturated carbocycles. The van der Waals surface area contributed by atoms with E-state index in [-0.39, 0.29) is 6.61 Å². The third kappa shape index (κ3) is 3.01. The highest BCUT2D eigenvalue weighted by Gasteiger charge is 2.32. The van der Waals surface area contributed by atoms with Crippen LogP contribution < -0.4 is 5.32 Å². The summed E-state index contributed by atoms with van der Waals surface area (Å²) in [5, 5.41) is 13.7. The normalized spacial score (nSPS) is 19.0. The fourth-order valence-corrected chi connectivity index (χ4v) is 2.27. The van der Waals surface area contributed by atoms with Gasteiger partial charge in [0.1, 0.15) is 5.82 Å². The van der Waals surface area contributed by atoms with Crippen LogP contribution in [0.25, 0.3) is 0 Å². The van der Waals surface area contributed by atoms with E-state index < -0.39 is 5.54 Å². The Morgan fingerprint density at radius 2 is 2.12 bits per heavy atom. The van der Waals surface area contributed by atoms with Crippen molar-refractivity contribution in [3.63, 3.8) is 0 Å². The summed E-state index contributed by atoms with van der Waals surface area (Å²) >= 11 is 11.8. The fraction of sp³-hybridized carbons (Fsp3) is 0.545. The average molecular weight is 277 g/mol. The summed E-state index contributed by atoms with van der Waals surface area (Å²) in [4.78, 5) is 4.14. The Morgan fingerprint density at radius 1 is 1.41 bits per heavy atom. The van der Waals surface area contributed by atoms with E-state index >= 15 is 0 Å². The quantitative estimate of drug-likeness (QED) is 0.890. The number of aliphatic hydroxyl groups is 1. The van der Waals surface area contributed by atoms with Crippen LogP contribution in [0.15, 0.2) is 12.3 Å². The summed E-state index contributed by atoms with van der Waals surface area (Å²) < 4.78 is 5.29. The molecule has 94 valence electrons. The molecule has 1 aromatic heterocycles. The Labute approximate surface area is 110 Å².